The Morgan fingerprint density at radius 1 is 1.39 bits per heavy atom. The maximum atomic E-state index is 5.71. The minimum atomic E-state index is -0.0957. The van der Waals surface area contributed by atoms with Gasteiger partial charge in [0.05, 0.1) is 17.1 Å². The predicted octanol–water partition coefficient (Wildman–Crippen LogP) is 0.831. The summed E-state index contributed by atoms with van der Waals surface area (Å²) in [5.74, 6) is 1.22. The highest BCUT2D eigenvalue weighted by Gasteiger charge is 2.12. The third-order valence-corrected chi connectivity index (χ3v) is 2.61. The van der Waals surface area contributed by atoms with E-state index in [2.05, 4.69) is 35.9 Å². The van der Waals surface area contributed by atoms with Crippen LogP contribution < -0.4 is 11.1 Å². The lowest BCUT2D eigenvalue weighted by atomic mass is 10.3. The number of nitrogens with zero attached hydrogens (tertiary/aromatic N) is 4. The normalized spacial score (nSPS) is 12.7. The maximum absolute atomic E-state index is 5.71. The molecular weight excluding hydrogens is 232 g/mol. The number of anilines is 2. The predicted molar refractivity (Wildman–Crippen MR) is 66.7 cm³/mol. The fraction of sp³-hybridized carbons (Fsp3) is 0.200. The molecule has 1 atom stereocenters. The van der Waals surface area contributed by atoms with Crippen molar-refractivity contribution in [1.82, 2.24) is 30.6 Å². The molecule has 0 amide bonds. The van der Waals surface area contributed by atoms with Crippen LogP contribution in [-0.2, 0) is 0 Å². The second kappa shape index (κ2) is 3.99. The number of fused-ring (bicyclic) bond motifs is 1. The third-order valence-electron chi connectivity index (χ3n) is 2.61. The van der Waals surface area contributed by atoms with E-state index in [1.54, 1.807) is 0 Å². The van der Waals surface area contributed by atoms with Crippen molar-refractivity contribution in [3.63, 3.8) is 0 Å². The second-order valence-corrected chi connectivity index (χ2v) is 4.00. The fourth-order valence-electron chi connectivity index (χ4n) is 1.72. The van der Waals surface area contributed by atoms with Crippen LogP contribution in [0.25, 0.3) is 11.0 Å². The van der Waals surface area contributed by atoms with Gasteiger partial charge in [-0.2, -0.15) is 5.21 Å². The van der Waals surface area contributed by atoms with Crippen molar-refractivity contribution >= 4 is 22.7 Å². The molecule has 5 N–H and O–H groups in total. The van der Waals surface area contributed by atoms with Gasteiger partial charge in [-0.15, -0.1) is 10.2 Å². The zero-order valence-corrected chi connectivity index (χ0v) is 9.68. The molecule has 0 saturated carbocycles. The van der Waals surface area contributed by atoms with Crippen LogP contribution in [0.5, 0.6) is 0 Å². The van der Waals surface area contributed by atoms with Gasteiger partial charge in [0.15, 0.2) is 5.82 Å². The van der Waals surface area contributed by atoms with E-state index in [0.717, 1.165) is 11.0 Å². The Morgan fingerprint density at radius 2 is 2.28 bits per heavy atom. The summed E-state index contributed by atoms with van der Waals surface area (Å²) in [5.41, 5.74) is 8.15. The first-order valence-electron chi connectivity index (χ1n) is 5.47. The Hall–Kier alpha value is -2.64. The number of tetrazole rings is 1. The molecule has 2 heterocycles. The van der Waals surface area contributed by atoms with Crippen LogP contribution in [0.15, 0.2) is 18.2 Å². The molecule has 0 aliphatic carbocycles. The minimum Gasteiger partial charge on any atom is -0.399 e. The van der Waals surface area contributed by atoms with Gasteiger partial charge in [-0.3, -0.25) is 0 Å². The van der Waals surface area contributed by atoms with Gasteiger partial charge in [0.1, 0.15) is 0 Å². The molecule has 0 aliphatic rings. The smallest absolute Gasteiger partial charge is 0.201 e. The average Bonchev–Trinajstić information content (AvgIpc) is 2.95. The number of nitrogen functional groups attached to an aromatic ring is 1. The van der Waals surface area contributed by atoms with E-state index >= 15 is 0 Å². The first kappa shape index (κ1) is 10.5. The molecule has 0 radical (unpaired) electrons. The Morgan fingerprint density at radius 3 is 3.06 bits per heavy atom. The molecule has 0 fully saturated rings. The molecule has 0 spiro atoms. The summed E-state index contributed by atoms with van der Waals surface area (Å²) in [7, 11) is 0. The van der Waals surface area contributed by atoms with Crippen molar-refractivity contribution in [2.45, 2.75) is 13.0 Å². The highest BCUT2D eigenvalue weighted by molar-refractivity contribution is 5.80. The van der Waals surface area contributed by atoms with Crippen LogP contribution in [0.1, 0.15) is 18.8 Å². The Labute approximate surface area is 102 Å². The lowest BCUT2D eigenvalue weighted by molar-refractivity contribution is 0.784. The molecule has 18 heavy (non-hydrogen) atoms. The zero-order valence-electron chi connectivity index (χ0n) is 9.68. The summed E-state index contributed by atoms with van der Waals surface area (Å²) in [5, 5.41) is 16.9. The molecule has 0 bridgehead atoms. The topological polar surface area (TPSA) is 121 Å². The monoisotopic (exact) mass is 244 g/mol. The van der Waals surface area contributed by atoms with Gasteiger partial charge >= 0.3 is 0 Å². The van der Waals surface area contributed by atoms with E-state index in [0.29, 0.717) is 17.5 Å². The fourth-order valence-corrected chi connectivity index (χ4v) is 1.72. The third kappa shape index (κ3) is 1.83. The van der Waals surface area contributed by atoms with E-state index in [1.165, 1.54) is 0 Å². The average molecular weight is 244 g/mol. The highest BCUT2D eigenvalue weighted by atomic mass is 15.5. The largest absolute Gasteiger partial charge is 0.399 e. The lowest BCUT2D eigenvalue weighted by Crippen LogP contribution is -2.09. The number of nitrogens with one attached hydrogen (secondary N) is 3. The van der Waals surface area contributed by atoms with Gasteiger partial charge in [0.25, 0.3) is 0 Å². The maximum Gasteiger partial charge on any atom is 0.201 e. The molecular formula is C10H12N8. The molecule has 3 aromatic rings. The minimum absolute atomic E-state index is 0.0957. The number of rotatable bonds is 3. The second-order valence-electron chi connectivity index (χ2n) is 4.00. The van der Waals surface area contributed by atoms with Gasteiger partial charge in [0, 0.05) is 5.69 Å². The summed E-state index contributed by atoms with van der Waals surface area (Å²) >= 11 is 0. The van der Waals surface area contributed by atoms with Gasteiger partial charge in [0.2, 0.25) is 5.95 Å². The number of H-pyrrole nitrogens is 2. The van der Waals surface area contributed by atoms with Crippen molar-refractivity contribution in [3.8, 4) is 0 Å². The van der Waals surface area contributed by atoms with Crippen molar-refractivity contribution in [2.75, 3.05) is 11.1 Å². The van der Waals surface area contributed by atoms with Crippen molar-refractivity contribution < 1.29 is 0 Å². The quantitative estimate of drug-likeness (QED) is 0.506. The SMILES string of the molecule is CC(Nc1nc2ccc(N)cc2[nH]1)c1nn[nH]n1. The summed E-state index contributed by atoms with van der Waals surface area (Å²) in [6.07, 6.45) is 0. The summed E-state index contributed by atoms with van der Waals surface area (Å²) in [6.45, 7) is 1.92. The van der Waals surface area contributed by atoms with E-state index in [1.807, 2.05) is 25.1 Å². The number of nitrogens with two attached hydrogens (primary N) is 1. The molecule has 0 aliphatic heterocycles. The molecule has 3 rings (SSSR count). The van der Waals surface area contributed by atoms with Crippen molar-refractivity contribution in [2.24, 2.45) is 0 Å². The van der Waals surface area contributed by atoms with Crippen LogP contribution in [0.3, 0.4) is 0 Å². The molecule has 1 aromatic carbocycles. The first-order chi connectivity index (χ1) is 8.72. The molecule has 92 valence electrons. The number of hydrogen-bond donors (Lipinski definition) is 4. The number of hydrogen-bond acceptors (Lipinski definition) is 6. The zero-order chi connectivity index (χ0) is 12.5. The number of imidazole rings is 1. The standard InChI is InChI=1S/C10H12N8/c1-5(9-15-17-18-16-9)12-10-13-7-3-2-6(11)4-8(7)14-10/h2-5H,11H2,1H3,(H2,12,13,14)(H,15,16,17,18). The Balaban J connectivity index is 1.86. The molecule has 0 saturated heterocycles. The van der Waals surface area contributed by atoms with Crippen LogP contribution in [0, 0.1) is 0 Å². The lowest BCUT2D eigenvalue weighted by Gasteiger charge is -2.07. The van der Waals surface area contributed by atoms with Crippen LogP contribution in [0.4, 0.5) is 11.6 Å². The van der Waals surface area contributed by atoms with Crippen molar-refractivity contribution in [1.29, 1.82) is 0 Å². The Kier molecular flexibility index (Phi) is 2.33. The molecule has 1 unspecified atom stereocenters. The van der Waals surface area contributed by atoms with Crippen molar-refractivity contribution in [3.05, 3.63) is 24.0 Å². The van der Waals surface area contributed by atoms with Gasteiger partial charge < -0.3 is 16.0 Å². The van der Waals surface area contributed by atoms with E-state index in [4.69, 9.17) is 5.73 Å². The van der Waals surface area contributed by atoms with Crippen LogP contribution in [0.2, 0.25) is 0 Å². The van der Waals surface area contributed by atoms with Gasteiger partial charge in [-0.25, -0.2) is 4.98 Å². The number of aromatic amines is 2. The summed E-state index contributed by atoms with van der Waals surface area (Å²) in [4.78, 5) is 7.54. The Bertz CT molecular complexity index is 656. The summed E-state index contributed by atoms with van der Waals surface area (Å²) in [6, 6.07) is 5.43. The van der Waals surface area contributed by atoms with E-state index in [9.17, 15) is 0 Å². The number of benzene rings is 1. The number of aromatic nitrogens is 6. The summed E-state index contributed by atoms with van der Waals surface area (Å²) < 4.78 is 0. The van der Waals surface area contributed by atoms with E-state index in [-0.39, 0.29) is 6.04 Å². The van der Waals surface area contributed by atoms with Crippen LogP contribution in [-0.4, -0.2) is 30.6 Å². The molecule has 8 heteroatoms. The highest BCUT2D eigenvalue weighted by Crippen LogP contribution is 2.19. The van der Waals surface area contributed by atoms with Gasteiger partial charge in [-0.1, -0.05) is 5.21 Å². The van der Waals surface area contributed by atoms with Gasteiger partial charge in [-0.05, 0) is 25.1 Å². The molecule has 8 nitrogen and oxygen atoms in total. The molecule has 2 aromatic heterocycles. The van der Waals surface area contributed by atoms with Crippen LogP contribution >= 0.6 is 0 Å². The first-order valence-corrected chi connectivity index (χ1v) is 5.47. The van der Waals surface area contributed by atoms with E-state index < -0.39 is 0 Å².